The number of aromatic nitrogens is 9. The molecule has 8 heterocycles. The number of alkyl halides is 8. The maximum absolute atomic E-state index is 13.9. The average molecular weight is 2220 g/mol. The zero-order valence-corrected chi connectivity index (χ0v) is 78.1. The molecular formula is C43H72Cl4F4N14O53P12. The Balaban J connectivity index is 0.000000307. The van der Waals surface area contributed by atoms with Crippen LogP contribution in [-0.2, 0) is 131 Å². The lowest BCUT2D eigenvalue weighted by atomic mass is 9.91. The van der Waals surface area contributed by atoms with Crippen LogP contribution >= 0.6 is 140 Å². The van der Waals surface area contributed by atoms with Gasteiger partial charge in [0.15, 0.2) is 24.9 Å². The molecule has 0 saturated carbocycles. The van der Waals surface area contributed by atoms with Gasteiger partial charge in [0.05, 0.1) is 24.6 Å². The van der Waals surface area contributed by atoms with E-state index in [-0.39, 0.29) is 17.5 Å². The Morgan fingerprint density at radius 1 is 0.454 bits per heavy atom. The number of phosphoric acid groups is 12. The van der Waals surface area contributed by atoms with E-state index in [1.54, 1.807) is 4.98 Å². The molecule has 3 aromatic rings. The van der Waals surface area contributed by atoms with Crippen LogP contribution in [0.4, 0.5) is 29.2 Å². The lowest BCUT2D eigenvalue weighted by Crippen LogP contribution is -2.54. The number of amides is 1. The van der Waals surface area contributed by atoms with E-state index in [1.165, 1.54) is 0 Å². The molecule has 5 aliphatic rings. The van der Waals surface area contributed by atoms with Crippen LogP contribution in [-0.4, -0.2) is 285 Å². The molecule has 87 heteroatoms. The van der Waals surface area contributed by atoms with E-state index in [0.29, 0.717) is 20.2 Å². The van der Waals surface area contributed by atoms with E-state index >= 15 is 0 Å². The van der Waals surface area contributed by atoms with Gasteiger partial charge in [-0.1, -0.05) is 6.58 Å². The first-order chi connectivity index (χ1) is 58.3. The molecule has 0 radical (unpaired) electrons. The number of aliphatic hydroxyl groups is 4. The van der Waals surface area contributed by atoms with Crippen molar-refractivity contribution in [2.24, 2.45) is 5.10 Å². The second kappa shape index (κ2) is 42.4. The van der Waals surface area contributed by atoms with E-state index in [0.717, 1.165) is 65.2 Å². The molecule has 0 aromatic carbocycles. The molecule has 4 saturated heterocycles. The average Bonchev–Trinajstić information content (AvgIpc) is 1.20. The first kappa shape index (κ1) is 117. The van der Waals surface area contributed by atoms with Crippen LogP contribution in [0.25, 0.3) is 0 Å². The molecule has 3 aromatic heterocycles. The number of phosphoric ester groups is 4. The molecule has 0 spiro atoms. The molecule has 12 unspecified atom stereocenters. The number of H-pyrrole nitrogens is 1. The molecule has 26 N–H and O–H groups in total. The lowest BCUT2D eigenvalue weighted by Gasteiger charge is -2.35. The SMILES string of the molecule is C=C1NC(=O)C=NN1[C@@H]1O[C@H](C(C)(C)OP(=O)(O)OP(=O)(O)OP(=O)(O)O)[C@H](O)C1(Cl)CF.CC(C)(OP(=O)(O)OP(=O)(O)OP(=O)(O)O)[C@H]1O[C@@H](n2ncc(N)nc2=O)C(Cl)(CF)[C@H]1O.C[C@@H](OP(=O)(O)OP(=O)(O)OP(=O)(O)O)[C@H]1O[C@@H](n2ncc(=O)[nH]c2=O)C(Cl)(CF)[C@H]1O.C[C@@H](OP(=O)(O)OP(=O)(O)OP(=O)(O)O)[C@H]1O[C@@H](n2ncc(N)nc2=O)C(Cl)(CF)[C@H]1O. The van der Waals surface area contributed by atoms with Gasteiger partial charge in [0.2, 0.25) is 0 Å². The van der Waals surface area contributed by atoms with Crippen LogP contribution in [0.3, 0.4) is 0 Å². The van der Waals surface area contributed by atoms with E-state index in [4.69, 9.17) is 130 Å². The number of rotatable bonds is 36. The molecule has 8 rings (SSSR count). The third kappa shape index (κ3) is 31.4. The van der Waals surface area contributed by atoms with Gasteiger partial charge in [0.1, 0.15) is 136 Å². The Hall–Kier alpha value is -3.29. The third-order valence-electron chi connectivity index (χ3n) is 15.9. The second-order valence-electron chi connectivity index (χ2n) is 26.8. The number of halogens is 8. The van der Waals surface area contributed by atoms with Crippen LogP contribution in [0.15, 0.2) is 55.3 Å². The highest BCUT2D eigenvalue weighted by Gasteiger charge is 2.67. The topological polar surface area (TPSA) is 1020 Å². The van der Waals surface area contributed by atoms with Crippen molar-refractivity contribution in [2.45, 2.75) is 158 Å². The van der Waals surface area contributed by atoms with Crippen LogP contribution in [0.1, 0.15) is 60.2 Å². The maximum Gasteiger partial charge on any atom is 0.490 e. The van der Waals surface area contributed by atoms with Gasteiger partial charge < -0.3 is 134 Å². The van der Waals surface area contributed by atoms with Crippen molar-refractivity contribution in [3.8, 4) is 0 Å². The predicted octanol–water partition coefficient (Wildman–Crippen LogP) is -2.40. The first-order valence-electron chi connectivity index (χ1n) is 32.9. The van der Waals surface area contributed by atoms with Crippen LogP contribution in [0.5, 0.6) is 0 Å². The molecule has 26 atom stereocenters. The summed E-state index contributed by atoms with van der Waals surface area (Å²) >= 11 is 24.5. The van der Waals surface area contributed by atoms with Crippen LogP contribution < -0.4 is 39.4 Å². The molecule has 0 aliphatic carbocycles. The highest BCUT2D eigenvalue weighted by atomic mass is 35.5. The summed E-state index contributed by atoms with van der Waals surface area (Å²) in [7, 11) is -68.4. The monoisotopic (exact) mass is 2220 g/mol. The largest absolute Gasteiger partial charge is 0.490 e. The number of carbonyl (C=O) groups is 1. The van der Waals surface area contributed by atoms with Gasteiger partial charge >= 0.3 is 111 Å². The highest BCUT2D eigenvalue weighted by molar-refractivity contribution is 7.68. The zero-order chi connectivity index (χ0) is 101. The molecule has 4 fully saturated rings. The van der Waals surface area contributed by atoms with Crippen molar-refractivity contribution in [3.63, 3.8) is 0 Å². The van der Waals surface area contributed by atoms with Crippen molar-refractivity contribution >= 4 is 164 Å². The number of ether oxygens (including phenoxy) is 4. The minimum absolute atomic E-state index is 0.204. The molecule has 0 bridgehead atoms. The summed E-state index contributed by atoms with van der Waals surface area (Å²) in [5.74, 6) is -1.45. The molecule has 5 aliphatic heterocycles. The summed E-state index contributed by atoms with van der Waals surface area (Å²) in [6.07, 6.45) is -22.7. The number of nitrogens with zero attached hydrogens (tertiary/aromatic N) is 10. The van der Waals surface area contributed by atoms with E-state index < -0.39 is 266 Å². The van der Waals surface area contributed by atoms with Gasteiger partial charge in [-0.3, -0.25) is 32.7 Å². The molecular weight excluding hydrogens is 2150 g/mol. The fourth-order valence-electron chi connectivity index (χ4n) is 11.0. The Morgan fingerprint density at radius 2 is 0.738 bits per heavy atom. The van der Waals surface area contributed by atoms with Crippen molar-refractivity contribution in [3.05, 3.63) is 72.8 Å². The van der Waals surface area contributed by atoms with Gasteiger partial charge in [-0.15, -0.1) is 46.4 Å². The number of hydrogen-bond acceptors (Lipinski definition) is 46. The number of anilines is 2. The molecule has 130 heavy (non-hydrogen) atoms. The van der Waals surface area contributed by atoms with Gasteiger partial charge in [0, 0.05) is 0 Å². The fraction of sp³-hybridized carbons (Fsp3) is 0.698. The summed E-state index contributed by atoms with van der Waals surface area (Å²) in [4.78, 5) is 202. The summed E-state index contributed by atoms with van der Waals surface area (Å²) in [6.45, 7) is 3.41. The second-order valence-corrected chi connectivity index (χ2v) is 47.1. The first-order valence-corrected chi connectivity index (χ1v) is 52.5. The normalized spacial score (nSPS) is 31.1. The van der Waals surface area contributed by atoms with E-state index in [1.807, 2.05) is 0 Å². The number of nitrogens with one attached hydrogen (secondary N) is 2. The number of aliphatic hydroxyl groups excluding tert-OH is 4. The Bertz CT molecular complexity index is 5570. The number of carbonyl (C=O) groups excluding carboxylic acids is 1. The standard InChI is InChI=1S/C12H20ClFN3O13P3.C11H19ClFN4O13P3.C10H17ClFN4O13P3.C10H16ClFN3O14P3/c1-6-16-7(18)4-15-17(6)10-12(13,5-14)8(19)9(27-10)11(2,3)28-32(23,24)30-33(25,26)29-31(20,21)22;1-10(2,28-32(23,24)30-33(25,26)29-31(20,21)22)7-6(18)11(12,4-13)8(27-7)17-9(19)16-5(14)3-15-17;1-4(27-31(22,23)29-32(24,25)28-30(19,20)21)6-7(17)10(11,3-12)8(26-6)16-9(18)15-5(13)2-14-16;1-4(27-31(22,23)29-32(24,25)28-30(19,20)21)6-7(17)10(11,3-12)8(26-6)15-9(18)14-5(16)2-13-15/h4,8-10,19H,1,5H2,2-3H3,(H,16,18)(H,23,24)(H,25,26)(H2,20,21,22);3,6-8,18H,4H2,1-2H3,(H,23,24)(H,25,26)(H2,14,16,19)(H2,20,21,22);2,4,6-8,17H,3H2,1H3,(H,22,23)(H,24,25)(H2,13,15,18)(H2,19,20,21);2,4,6-8,17H,3H2,1H3,(H,22,23)(H,24,25)(H,14,16,18)(H2,19,20,21)/t8-,9-,10+,12?;6-,7-,8+,11?;2*4-,6-,7+,8-,10?/m0011/s1. The van der Waals surface area contributed by atoms with Gasteiger partial charge in [-0.05, 0) is 41.5 Å². The summed E-state index contributed by atoms with van der Waals surface area (Å²) in [5.41, 5.74) is 1.91. The Morgan fingerprint density at radius 3 is 1.04 bits per heavy atom. The van der Waals surface area contributed by atoms with Crippen molar-refractivity contribution in [1.82, 2.24) is 54.6 Å². The summed E-state index contributed by atoms with van der Waals surface area (Å²) in [6, 6.07) is 0. The van der Waals surface area contributed by atoms with E-state index in [2.05, 4.69) is 85.8 Å². The maximum atomic E-state index is 13.9. The van der Waals surface area contributed by atoms with Gasteiger partial charge in [-0.2, -0.15) is 78.9 Å². The Kier molecular flexibility index (Phi) is 38.2. The van der Waals surface area contributed by atoms with Crippen molar-refractivity contribution in [1.29, 1.82) is 0 Å². The smallest absolute Gasteiger partial charge is 0.388 e. The summed E-state index contributed by atoms with van der Waals surface area (Å²) < 4.78 is 262. The predicted molar refractivity (Wildman–Crippen MR) is 408 cm³/mol. The Labute approximate surface area is 737 Å². The van der Waals surface area contributed by atoms with Crippen LogP contribution in [0, 0.1) is 0 Å². The minimum atomic E-state index is -5.84. The van der Waals surface area contributed by atoms with Crippen molar-refractivity contribution in [2.75, 3.05) is 38.2 Å². The fourth-order valence-corrected chi connectivity index (χ4v) is 25.2. The van der Waals surface area contributed by atoms with E-state index in [9.17, 15) is 151 Å². The zero-order valence-electron chi connectivity index (χ0n) is 64.4. The molecule has 748 valence electrons. The number of aromatic amines is 1. The lowest BCUT2D eigenvalue weighted by molar-refractivity contribution is -0.133. The van der Waals surface area contributed by atoms with Crippen LogP contribution in [0.2, 0.25) is 0 Å². The number of hydrazone groups is 1. The number of nitrogens with two attached hydrogens (primary N) is 2. The summed E-state index contributed by atoms with van der Waals surface area (Å²) in [5, 5.41) is 59.5. The van der Waals surface area contributed by atoms with Crippen molar-refractivity contribution < 1.29 is 247 Å². The quantitative estimate of drug-likeness (QED) is 0.0164. The minimum Gasteiger partial charge on any atom is -0.388 e. The number of hydrogen-bond donors (Lipinski definition) is 24. The van der Waals surface area contributed by atoms with Gasteiger partial charge in [-0.25, -0.2) is 91.7 Å². The molecule has 1 amide bonds. The van der Waals surface area contributed by atoms with Gasteiger partial charge in [0.25, 0.3) is 11.5 Å². The number of nitrogen functional groups attached to an aromatic ring is 2. The highest BCUT2D eigenvalue weighted by Crippen LogP contribution is 2.72. The molecule has 67 nitrogen and oxygen atoms in total. The third-order valence-corrected chi connectivity index (χ3v) is 33.9.